The number of carboxylic acids is 1. The van der Waals surface area contributed by atoms with Gasteiger partial charge < -0.3 is 14.9 Å². The number of aromatic hydroxyl groups is 1. The predicted molar refractivity (Wildman–Crippen MR) is 98.9 cm³/mol. The van der Waals surface area contributed by atoms with Crippen molar-refractivity contribution < 1.29 is 24.7 Å². The van der Waals surface area contributed by atoms with Crippen molar-refractivity contribution in [2.75, 3.05) is 7.11 Å². The number of hydrogen-bond acceptors (Lipinski definition) is 6. The van der Waals surface area contributed by atoms with Crippen molar-refractivity contribution in [2.24, 2.45) is 0 Å². The molecule has 1 aromatic heterocycles. The Morgan fingerprint density at radius 3 is 2.63 bits per heavy atom. The number of carboxylic acid groups (broad SMARTS) is 1. The number of phenolic OH excluding ortho intramolecular Hbond substituents is 1. The van der Waals surface area contributed by atoms with Crippen LogP contribution in [0.25, 0.3) is 23.1 Å². The fraction of sp³-hybridized carbons (Fsp3) is 0.0526. The van der Waals surface area contributed by atoms with Gasteiger partial charge in [-0.05, 0) is 29.8 Å². The quantitative estimate of drug-likeness (QED) is 0.521. The number of ether oxygens (including phenoxy) is 1. The zero-order valence-corrected chi connectivity index (χ0v) is 14.1. The Bertz CT molecular complexity index is 1090. The summed E-state index contributed by atoms with van der Waals surface area (Å²) >= 11 is 0. The molecule has 0 radical (unpaired) electrons. The molecular formula is C19H14N2O6. The molecule has 0 spiro atoms. The first-order valence-corrected chi connectivity index (χ1v) is 7.77. The molecule has 2 N–H and O–H groups in total. The van der Waals surface area contributed by atoms with Crippen molar-refractivity contribution in [3.63, 3.8) is 0 Å². The molecule has 0 unspecified atom stereocenters. The van der Waals surface area contributed by atoms with Crippen LogP contribution in [0.4, 0.5) is 5.69 Å². The number of methoxy groups -OCH3 is 1. The topological polar surface area (TPSA) is 123 Å². The van der Waals surface area contributed by atoms with Gasteiger partial charge in [0.1, 0.15) is 0 Å². The van der Waals surface area contributed by atoms with Crippen molar-refractivity contribution in [1.29, 1.82) is 0 Å². The van der Waals surface area contributed by atoms with Crippen molar-refractivity contribution in [3.05, 3.63) is 69.4 Å². The molecule has 0 aliphatic heterocycles. The number of para-hydroxylation sites is 1. The van der Waals surface area contributed by atoms with Gasteiger partial charge >= 0.3 is 11.7 Å². The van der Waals surface area contributed by atoms with Gasteiger partial charge in [0, 0.05) is 11.5 Å². The number of nitrogens with zero attached hydrogens (tertiary/aromatic N) is 2. The van der Waals surface area contributed by atoms with Crippen LogP contribution in [0, 0.1) is 10.1 Å². The maximum absolute atomic E-state index is 11.5. The highest BCUT2D eigenvalue weighted by molar-refractivity contribution is 6.03. The molecule has 136 valence electrons. The predicted octanol–water partition coefficient (Wildman–Crippen LogP) is 3.73. The van der Waals surface area contributed by atoms with Gasteiger partial charge in [-0.1, -0.05) is 24.3 Å². The lowest BCUT2D eigenvalue weighted by Gasteiger charge is -2.06. The summed E-state index contributed by atoms with van der Waals surface area (Å²) < 4.78 is 4.96. The maximum Gasteiger partial charge on any atom is 0.336 e. The second-order valence-electron chi connectivity index (χ2n) is 5.60. The van der Waals surface area contributed by atoms with E-state index in [0.29, 0.717) is 22.2 Å². The molecular weight excluding hydrogens is 352 g/mol. The van der Waals surface area contributed by atoms with Gasteiger partial charge in [0.05, 0.1) is 28.8 Å². The lowest BCUT2D eigenvalue weighted by Crippen LogP contribution is -2.00. The first-order valence-electron chi connectivity index (χ1n) is 7.77. The Balaban J connectivity index is 2.07. The fourth-order valence-corrected chi connectivity index (χ4v) is 2.64. The summed E-state index contributed by atoms with van der Waals surface area (Å²) in [7, 11) is 1.29. The van der Waals surface area contributed by atoms with Crippen LogP contribution in [-0.2, 0) is 0 Å². The molecule has 8 heteroatoms. The van der Waals surface area contributed by atoms with Crippen molar-refractivity contribution >= 4 is 34.7 Å². The zero-order valence-electron chi connectivity index (χ0n) is 14.1. The molecule has 3 aromatic rings. The molecule has 0 saturated carbocycles. The molecule has 3 rings (SSSR count). The largest absolute Gasteiger partial charge is 0.500 e. The van der Waals surface area contributed by atoms with Gasteiger partial charge in [-0.2, -0.15) is 0 Å². The SMILES string of the molecule is COc1cc(C=Cc2cc(C(=O)O)c3ccccc3n2)cc([N+](=O)[O-])c1O. The highest BCUT2D eigenvalue weighted by Gasteiger charge is 2.19. The minimum absolute atomic E-state index is 0.0402. The van der Waals surface area contributed by atoms with E-state index in [9.17, 15) is 25.1 Å². The summed E-state index contributed by atoms with van der Waals surface area (Å²) in [6, 6.07) is 10.9. The summed E-state index contributed by atoms with van der Waals surface area (Å²) in [5, 5.41) is 30.8. The van der Waals surface area contributed by atoms with E-state index >= 15 is 0 Å². The van der Waals surface area contributed by atoms with Gasteiger partial charge in [0.25, 0.3) is 0 Å². The van der Waals surface area contributed by atoms with E-state index in [1.54, 1.807) is 24.3 Å². The molecule has 27 heavy (non-hydrogen) atoms. The summed E-state index contributed by atoms with van der Waals surface area (Å²) in [6.07, 6.45) is 3.06. The molecule has 0 fully saturated rings. The molecule has 8 nitrogen and oxygen atoms in total. The highest BCUT2D eigenvalue weighted by Crippen LogP contribution is 2.37. The molecule has 0 bridgehead atoms. The van der Waals surface area contributed by atoms with E-state index in [1.807, 2.05) is 0 Å². The average Bonchev–Trinajstić information content (AvgIpc) is 2.66. The Kier molecular flexibility index (Phi) is 4.71. The number of fused-ring (bicyclic) bond motifs is 1. The van der Waals surface area contributed by atoms with Crippen LogP contribution >= 0.6 is 0 Å². The zero-order chi connectivity index (χ0) is 19.6. The second-order valence-corrected chi connectivity index (χ2v) is 5.60. The third-order valence-corrected chi connectivity index (χ3v) is 3.91. The number of hydrogen-bond donors (Lipinski definition) is 2. The summed E-state index contributed by atoms with van der Waals surface area (Å²) in [6.45, 7) is 0. The number of aromatic nitrogens is 1. The van der Waals surface area contributed by atoms with Gasteiger partial charge in [-0.15, -0.1) is 0 Å². The van der Waals surface area contributed by atoms with E-state index in [0.717, 1.165) is 0 Å². The number of rotatable bonds is 5. The fourth-order valence-electron chi connectivity index (χ4n) is 2.64. The van der Waals surface area contributed by atoms with E-state index in [-0.39, 0.29) is 11.3 Å². The Morgan fingerprint density at radius 1 is 1.22 bits per heavy atom. The normalized spacial score (nSPS) is 11.0. The standard InChI is InChI=1S/C19H14N2O6/c1-27-17-9-11(8-16(18(17)22)21(25)26)6-7-12-10-14(19(23)24)13-4-2-3-5-15(13)20-12/h2-10,22H,1H3,(H,23,24). The third-order valence-electron chi connectivity index (χ3n) is 3.91. The summed E-state index contributed by atoms with van der Waals surface area (Å²) in [5.74, 6) is -1.68. The van der Waals surface area contributed by atoms with Crippen LogP contribution in [0.15, 0.2) is 42.5 Å². The number of phenols is 1. The van der Waals surface area contributed by atoms with Crippen molar-refractivity contribution in [1.82, 2.24) is 4.98 Å². The van der Waals surface area contributed by atoms with Crippen LogP contribution in [0.1, 0.15) is 21.6 Å². The van der Waals surface area contributed by atoms with E-state index in [4.69, 9.17) is 4.74 Å². The smallest absolute Gasteiger partial charge is 0.336 e. The van der Waals surface area contributed by atoms with Crippen molar-refractivity contribution in [2.45, 2.75) is 0 Å². The molecule has 1 heterocycles. The van der Waals surface area contributed by atoms with Crippen LogP contribution in [-0.4, -0.2) is 33.2 Å². The number of carbonyl (C=O) groups is 1. The van der Waals surface area contributed by atoms with Crippen LogP contribution in [0.5, 0.6) is 11.5 Å². The molecule has 0 atom stereocenters. The van der Waals surface area contributed by atoms with Crippen molar-refractivity contribution in [3.8, 4) is 11.5 Å². The molecule has 0 saturated heterocycles. The molecule has 2 aromatic carbocycles. The third kappa shape index (κ3) is 3.54. The number of pyridine rings is 1. The second kappa shape index (κ2) is 7.12. The number of nitro benzene ring substituents is 1. The van der Waals surface area contributed by atoms with E-state index in [2.05, 4.69) is 4.98 Å². The van der Waals surface area contributed by atoms with Gasteiger partial charge in [0.2, 0.25) is 5.75 Å². The maximum atomic E-state index is 11.5. The molecule has 0 aliphatic rings. The summed E-state index contributed by atoms with van der Waals surface area (Å²) in [4.78, 5) is 26.3. The molecule has 0 amide bonds. The van der Waals surface area contributed by atoms with E-state index in [1.165, 1.54) is 37.5 Å². The van der Waals surface area contributed by atoms with Gasteiger partial charge in [-0.25, -0.2) is 9.78 Å². The van der Waals surface area contributed by atoms with Gasteiger partial charge in [-0.3, -0.25) is 10.1 Å². The lowest BCUT2D eigenvalue weighted by atomic mass is 10.1. The highest BCUT2D eigenvalue weighted by atomic mass is 16.6. The summed E-state index contributed by atoms with van der Waals surface area (Å²) in [5.41, 5.74) is 0.900. The Hall–Kier alpha value is -3.94. The van der Waals surface area contributed by atoms with Crippen LogP contribution in [0.2, 0.25) is 0 Å². The first kappa shape index (κ1) is 17.9. The minimum atomic E-state index is -1.08. The van der Waals surface area contributed by atoms with E-state index < -0.39 is 22.3 Å². The van der Waals surface area contributed by atoms with Crippen LogP contribution < -0.4 is 4.74 Å². The Labute approximate surface area is 153 Å². The van der Waals surface area contributed by atoms with Gasteiger partial charge in [0.15, 0.2) is 5.75 Å². The number of nitro groups is 1. The van der Waals surface area contributed by atoms with Crippen LogP contribution in [0.3, 0.4) is 0 Å². The monoisotopic (exact) mass is 366 g/mol. The minimum Gasteiger partial charge on any atom is -0.500 e. The Morgan fingerprint density at radius 2 is 1.96 bits per heavy atom. The average molecular weight is 366 g/mol. The first-order chi connectivity index (χ1) is 12.9. The lowest BCUT2D eigenvalue weighted by molar-refractivity contribution is -0.386. The number of aromatic carboxylic acids is 1. The molecule has 0 aliphatic carbocycles. The number of benzene rings is 2.